The summed E-state index contributed by atoms with van der Waals surface area (Å²) >= 11 is 6.04. The maximum Gasteiger partial charge on any atom is 0.124 e. The number of nitrogens with zero attached hydrogens (tertiary/aromatic N) is 3. The van der Waals surface area contributed by atoms with Crippen LogP contribution in [0.4, 0.5) is 5.82 Å². The molecule has 0 aliphatic heterocycles. The van der Waals surface area contributed by atoms with Crippen LogP contribution in [-0.4, -0.2) is 20.0 Å². The largest absolute Gasteiger partial charge is 0.384 e. The van der Waals surface area contributed by atoms with Crippen molar-refractivity contribution in [1.29, 1.82) is 0 Å². The summed E-state index contributed by atoms with van der Waals surface area (Å²) in [4.78, 5) is 0. The van der Waals surface area contributed by atoms with Gasteiger partial charge >= 0.3 is 0 Å². The van der Waals surface area contributed by atoms with Gasteiger partial charge in [-0.05, 0) is 0 Å². The molecule has 2 heterocycles. The van der Waals surface area contributed by atoms with Crippen LogP contribution in [-0.2, 0) is 7.05 Å². The molecule has 2 aromatic rings. The van der Waals surface area contributed by atoms with Crippen LogP contribution in [0, 0.1) is 0 Å². The Balaban J connectivity index is 2.49. The van der Waals surface area contributed by atoms with Crippen molar-refractivity contribution >= 4 is 17.4 Å². The number of nitrogen functional groups attached to an aromatic ring is 1. The van der Waals surface area contributed by atoms with Crippen LogP contribution in [0.5, 0.6) is 0 Å². The third-order valence-electron chi connectivity index (χ3n) is 2.39. The smallest absolute Gasteiger partial charge is 0.124 e. The van der Waals surface area contributed by atoms with Crippen LogP contribution < -0.4 is 17.0 Å². The molecule has 0 aliphatic rings. The maximum atomic E-state index is 6.04. The predicted octanol–water partition coefficient (Wildman–Crippen LogP) is -0.0685. The van der Waals surface area contributed by atoms with Gasteiger partial charge in [0.1, 0.15) is 5.82 Å². The number of hydrazine groups is 1. The molecule has 1 atom stereocenters. The fourth-order valence-corrected chi connectivity index (χ4v) is 1.87. The van der Waals surface area contributed by atoms with E-state index in [1.54, 1.807) is 24.1 Å². The zero-order valence-electron chi connectivity index (χ0n) is 8.61. The Morgan fingerprint density at radius 1 is 1.56 bits per heavy atom. The van der Waals surface area contributed by atoms with E-state index in [4.69, 9.17) is 23.2 Å². The highest BCUT2D eigenvalue weighted by Crippen LogP contribution is 2.29. The molecule has 0 bridgehead atoms. The van der Waals surface area contributed by atoms with Crippen molar-refractivity contribution in [3.8, 4) is 0 Å². The van der Waals surface area contributed by atoms with Crippen molar-refractivity contribution in [2.45, 2.75) is 6.04 Å². The Morgan fingerprint density at radius 2 is 2.31 bits per heavy atom. The van der Waals surface area contributed by atoms with Crippen LogP contribution in [0.2, 0.25) is 5.02 Å². The number of rotatable bonds is 3. The van der Waals surface area contributed by atoms with E-state index in [9.17, 15) is 0 Å². The number of anilines is 1. The molecule has 0 aliphatic carbocycles. The lowest BCUT2D eigenvalue weighted by molar-refractivity contribution is 0.576. The van der Waals surface area contributed by atoms with E-state index in [0.29, 0.717) is 10.8 Å². The molecule has 16 heavy (non-hydrogen) atoms. The highest BCUT2D eigenvalue weighted by molar-refractivity contribution is 6.31. The molecular formula is C8H12ClN7. The molecule has 0 saturated heterocycles. The van der Waals surface area contributed by atoms with Crippen molar-refractivity contribution in [2.24, 2.45) is 12.9 Å². The van der Waals surface area contributed by atoms with Gasteiger partial charge in [-0.1, -0.05) is 11.6 Å². The van der Waals surface area contributed by atoms with Gasteiger partial charge in [0.05, 0.1) is 29.2 Å². The topological polar surface area (TPSA) is 111 Å². The van der Waals surface area contributed by atoms with Gasteiger partial charge in [-0.3, -0.25) is 15.6 Å². The molecule has 0 amide bonds. The lowest BCUT2D eigenvalue weighted by Gasteiger charge is -2.15. The van der Waals surface area contributed by atoms with E-state index in [1.807, 2.05) is 0 Å². The molecule has 0 aromatic carbocycles. The van der Waals surface area contributed by atoms with Crippen molar-refractivity contribution in [3.63, 3.8) is 0 Å². The van der Waals surface area contributed by atoms with Gasteiger partial charge in [-0.25, -0.2) is 5.43 Å². The first-order valence-corrected chi connectivity index (χ1v) is 4.95. The molecule has 0 fully saturated rings. The zero-order chi connectivity index (χ0) is 11.7. The first kappa shape index (κ1) is 10.9. The van der Waals surface area contributed by atoms with E-state index < -0.39 is 0 Å². The van der Waals surface area contributed by atoms with E-state index in [2.05, 4.69) is 20.7 Å². The number of halogens is 1. The second kappa shape index (κ2) is 4.12. The third kappa shape index (κ3) is 1.64. The van der Waals surface area contributed by atoms with Crippen molar-refractivity contribution in [3.05, 3.63) is 28.7 Å². The van der Waals surface area contributed by atoms with Gasteiger partial charge in [0, 0.05) is 12.6 Å². The van der Waals surface area contributed by atoms with Crippen molar-refractivity contribution < 1.29 is 0 Å². The van der Waals surface area contributed by atoms with Gasteiger partial charge in [0.2, 0.25) is 0 Å². The van der Waals surface area contributed by atoms with Gasteiger partial charge in [-0.2, -0.15) is 10.2 Å². The Bertz CT molecular complexity index is 469. The van der Waals surface area contributed by atoms with Crippen LogP contribution >= 0.6 is 11.6 Å². The fourth-order valence-electron chi connectivity index (χ4n) is 1.60. The van der Waals surface area contributed by atoms with Crippen LogP contribution in [0.3, 0.4) is 0 Å². The highest BCUT2D eigenvalue weighted by Gasteiger charge is 2.22. The molecule has 0 radical (unpaired) electrons. The Kier molecular flexibility index (Phi) is 2.82. The number of hydrogen-bond donors (Lipinski definition) is 4. The molecule has 2 rings (SSSR count). The van der Waals surface area contributed by atoms with Crippen LogP contribution in [0.15, 0.2) is 12.4 Å². The molecule has 8 heteroatoms. The molecule has 0 spiro atoms. The standard InChI is InChI=1S/C8H12ClN7/c1-16-7(5(9)3-13-16)6(14-11)4-2-12-15-8(4)10/h2-3,6,14H,11H2,1H3,(H3,10,12,15). The minimum Gasteiger partial charge on any atom is -0.384 e. The van der Waals surface area contributed by atoms with Gasteiger partial charge < -0.3 is 5.73 Å². The number of aromatic nitrogens is 4. The second-order valence-electron chi connectivity index (χ2n) is 3.34. The third-order valence-corrected chi connectivity index (χ3v) is 2.68. The predicted molar refractivity (Wildman–Crippen MR) is 60.4 cm³/mol. The Labute approximate surface area is 96.7 Å². The van der Waals surface area contributed by atoms with Gasteiger partial charge in [0.15, 0.2) is 0 Å². The fraction of sp³-hybridized carbons (Fsp3) is 0.250. The van der Waals surface area contributed by atoms with E-state index >= 15 is 0 Å². The van der Waals surface area contributed by atoms with Crippen LogP contribution in [0.25, 0.3) is 0 Å². The lowest BCUT2D eigenvalue weighted by Crippen LogP contribution is -2.30. The van der Waals surface area contributed by atoms with Gasteiger partial charge in [-0.15, -0.1) is 0 Å². The summed E-state index contributed by atoms with van der Waals surface area (Å²) in [5, 5.41) is 11.0. The number of aromatic amines is 1. The summed E-state index contributed by atoms with van der Waals surface area (Å²) in [6, 6.07) is -0.348. The van der Waals surface area contributed by atoms with E-state index in [-0.39, 0.29) is 6.04 Å². The monoisotopic (exact) mass is 241 g/mol. The molecule has 86 valence electrons. The second-order valence-corrected chi connectivity index (χ2v) is 3.75. The van der Waals surface area contributed by atoms with Crippen LogP contribution in [0.1, 0.15) is 17.3 Å². The summed E-state index contributed by atoms with van der Waals surface area (Å²) in [6.07, 6.45) is 3.15. The number of hydrogen-bond acceptors (Lipinski definition) is 5. The number of nitrogens with one attached hydrogen (secondary N) is 2. The lowest BCUT2D eigenvalue weighted by atomic mass is 10.1. The first-order valence-electron chi connectivity index (χ1n) is 4.57. The summed E-state index contributed by atoms with van der Waals surface area (Å²) in [6.45, 7) is 0. The molecule has 0 saturated carbocycles. The summed E-state index contributed by atoms with van der Waals surface area (Å²) in [7, 11) is 1.78. The van der Waals surface area contributed by atoms with E-state index in [0.717, 1.165) is 11.3 Å². The molecule has 7 nitrogen and oxygen atoms in total. The summed E-state index contributed by atoms with van der Waals surface area (Å²) in [5.74, 6) is 5.96. The number of H-pyrrole nitrogens is 1. The van der Waals surface area contributed by atoms with Crippen molar-refractivity contribution in [2.75, 3.05) is 5.73 Å². The number of nitrogens with two attached hydrogens (primary N) is 2. The number of aryl methyl sites for hydroxylation is 1. The minimum absolute atomic E-state index is 0.348. The minimum atomic E-state index is -0.348. The molecule has 6 N–H and O–H groups in total. The summed E-state index contributed by atoms with van der Waals surface area (Å²) in [5.41, 5.74) is 9.84. The normalized spacial score (nSPS) is 12.9. The van der Waals surface area contributed by atoms with Crippen molar-refractivity contribution in [1.82, 2.24) is 25.4 Å². The Morgan fingerprint density at radius 3 is 2.75 bits per heavy atom. The quantitative estimate of drug-likeness (QED) is 0.444. The maximum absolute atomic E-state index is 6.04. The molecule has 1 unspecified atom stereocenters. The highest BCUT2D eigenvalue weighted by atomic mass is 35.5. The Hall–Kier alpha value is -1.57. The molecule has 2 aromatic heterocycles. The van der Waals surface area contributed by atoms with E-state index in [1.165, 1.54) is 0 Å². The average molecular weight is 242 g/mol. The van der Waals surface area contributed by atoms with Gasteiger partial charge in [0.25, 0.3) is 0 Å². The summed E-state index contributed by atoms with van der Waals surface area (Å²) < 4.78 is 1.64. The SMILES string of the molecule is Cn1ncc(Cl)c1C(NN)c1cn[nH]c1N. The zero-order valence-corrected chi connectivity index (χ0v) is 9.36. The average Bonchev–Trinajstić information content (AvgIpc) is 2.80. The molecular weight excluding hydrogens is 230 g/mol. The first-order chi connectivity index (χ1) is 7.65.